The van der Waals surface area contributed by atoms with Gasteiger partial charge < -0.3 is 10.5 Å². The quantitative estimate of drug-likeness (QED) is 0.797. The van der Waals surface area contributed by atoms with E-state index in [4.69, 9.17) is 10.5 Å². The monoisotopic (exact) mass is 197 g/mol. The number of methoxy groups -OCH3 is 1. The molecule has 1 aromatic carbocycles. The number of carbonyl (C=O) groups excluding carboxylic acids is 1. The van der Waals surface area contributed by atoms with Gasteiger partial charge in [-0.25, -0.2) is 4.39 Å². The summed E-state index contributed by atoms with van der Waals surface area (Å²) in [5.74, 6) is -0.703. The summed E-state index contributed by atoms with van der Waals surface area (Å²) < 4.78 is 18.0. The van der Waals surface area contributed by atoms with Crippen LogP contribution in [0.5, 0.6) is 5.75 Å². The van der Waals surface area contributed by atoms with Crippen LogP contribution in [-0.2, 0) is 4.79 Å². The summed E-state index contributed by atoms with van der Waals surface area (Å²) in [7, 11) is 1.34. The van der Waals surface area contributed by atoms with E-state index in [2.05, 4.69) is 0 Å². The topological polar surface area (TPSA) is 52.3 Å². The molecule has 0 aliphatic carbocycles. The Kier molecular flexibility index (Phi) is 3.19. The van der Waals surface area contributed by atoms with Crippen LogP contribution < -0.4 is 10.5 Å². The number of halogens is 1. The van der Waals surface area contributed by atoms with Gasteiger partial charge in [0.15, 0.2) is 17.3 Å². The van der Waals surface area contributed by atoms with Gasteiger partial charge in [-0.3, -0.25) is 4.79 Å². The minimum Gasteiger partial charge on any atom is -0.493 e. The second-order valence-electron chi connectivity index (χ2n) is 2.95. The second kappa shape index (κ2) is 4.19. The Morgan fingerprint density at radius 3 is 2.71 bits per heavy atom. The number of ketones is 1. The molecule has 14 heavy (non-hydrogen) atoms. The van der Waals surface area contributed by atoms with E-state index in [0.29, 0.717) is 5.56 Å². The van der Waals surface area contributed by atoms with Gasteiger partial charge in [-0.05, 0) is 13.0 Å². The van der Waals surface area contributed by atoms with Crippen molar-refractivity contribution in [2.24, 2.45) is 5.73 Å². The molecule has 0 amide bonds. The molecule has 0 aliphatic heterocycles. The molecule has 0 bridgehead atoms. The molecule has 1 atom stereocenters. The van der Waals surface area contributed by atoms with Gasteiger partial charge in [0.05, 0.1) is 13.2 Å². The van der Waals surface area contributed by atoms with Crippen molar-refractivity contribution < 1.29 is 13.9 Å². The Bertz CT molecular complexity index is 352. The van der Waals surface area contributed by atoms with Crippen molar-refractivity contribution in [3.05, 3.63) is 29.6 Å². The van der Waals surface area contributed by atoms with Crippen LogP contribution in [0.1, 0.15) is 18.5 Å². The zero-order valence-electron chi connectivity index (χ0n) is 8.08. The van der Waals surface area contributed by atoms with Crippen LogP contribution in [0.2, 0.25) is 0 Å². The first-order valence-corrected chi connectivity index (χ1v) is 4.16. The van der Waals surface area contributed by atoms with Crippen molar-refractivity contribution in [2.75, 3.05) is 7.11 Å². The molecule has 2 N–H and O–H groups in total. The van der Waals surface area contributed by atoms with Crippen LogP contribution >= 0.6 is 0 Å². The highest BCUT2D eigenvalue weighted by atomic mass is 19.1. The molecule has 4 heteroatoms. The number of rotatable bonds is 3. The summed E-state index contributed by atoms with van der Waals surface area (Å²) in [5.41, 5.74) is 5.96. The molecule has 1 rings (SSSR count). The number of ether oxygens (including phenoxy) is 1. The normalized spacial score (nSPS) is 12.3. The van der Waals surface area contributed by atoms with E-state index in [1.54, 1.807) is 6.07 Å². The van der Waals surface area contributed by atoms with E-state index in [-0.39, 0.29) is 11.5 Å². The highest BCUT2D eigenvalue weighted by molar-refractivity contribution is 5.83. The largest absolute Gasteiger partial charge is 0.493 e. The molecule has 0 radical (unpaired) electrons. The lowest BCUT2D eigenvalue weighted by molar-refractivity contribution is -0.118. The van der Waals surface area contributed by atoms with E-state index < -0.39 is 11.9 Å². The molecule has 0 spiro atoms. The number of para-hydroxylation sites is 1. The Morgan fingerprint density at radius 2 is 2.21 bits per heavy atom. The van der Waals surface area contributed by atoms with Crippen LogP contribution in [0.25, 0.3) is 0 Å². The number of carbonyl (C=O) groups is 1. The Hall–Kier alpha value is -1.42. The van der Waals surface area contributed by atoms with Crippen molar-refractivity contribution in [2.45, 2.75) is 13.0 Å². The second-order valence-corrected chi connectivity index (χ2v) is 2.95. The zero-order chi connectivity index (χ0) is 10.7. The van der Waals surface area contributed by atoms with Gasteiger partial charge in [-0.15, -0.1) is 0 Å². The molecule has 0 heterocycles. The zero-order valence-corrected chi connectivity index (χ0v) is 8.08. The van der Waals surface area contributed by atoms with Crippen molar-refractivity contribution in [1.29, 1.82) is 0 Å². The molecule has 0 aromatic heterocycles. The molecule has 0 saturated heterocycles. The highest BCUT2D eigenvalue weighted by Gasteiger charge is 2.18. The maximum Gasteiger partial charge on any atom is 0.165 e. The fourth-order valence-corrected chi connectivity index (χ4v) is 1.20. The predicted octanol–water partition coefficient (Wildman–Crippen LogP) is 1.42. The molecular weight excluding hydrogens is 185 g/mol. The third kappa shape index (κ3) is 1.90. The van der Waals surface area contributed by atoms with Gasteiger partial charge in [-0.2, -0.15) is 0 Å². The molecule has 0 aliphatic rings. The maximum absolute atomic E-state index is 13.2. The number of hydrogen-bond acceptors (Lipinski definition) is 3. The lowest BCUT2D eigenvalue weighted by Crippen LogP contribution is -2.19. The Morgan fingerprint density at radius 1 is 1.57 bits per heavy atom. The highest BCUT2D eigenvalue weighted by Crippen LogP contribution is 2.26. The molecule has 1 aromatic rings. The fourth-order valence-electron chi connectivity index (χ4n) is 1.20. The summed E-state index contributed by atoms with van der Waals surface area (Å²) in [6, 6.07) is 3.50. The first-order valence-electron chi connectivity index (χ1n) is 4.16. The molecule has 1 unspecified atom stereocenters. The van der Waals surface area contributed by atoms with E-state index >= 15 is 0 Å². The van der Waals surface area contributed by atoms with E-state index in [0.717, 1.165) is 0 Å². The van der Waals surface area contributed by atoms with Crippen LogP contribution in [0, 0.1) is 5.82 Å². The van der Waals surface area contributed by atoms with E-state index in [1.807, 2.05) is 0 Å². The Balaban J connectivity index is 3.20. The van der Waals surface area contributed by atoms with Gasteiger partial charge in [0.1, 0.15) is 0 Å². The summed E-state index contributed by atoms with van der Waals surface area (Å²) in [5, 5.41) is 0. The van der Waals surface area contributed by atoms with E-state index in [9.17, 15) is 9.18 Å². The van der Waals surface area contributed by atoms with Crippen molar-refractivity contribution in [3.8, 4) is 5.75 Å². The van der Waals surface area contributed by atoms with Gasteiger partial charge >= 0.3 is 0 Å². The molecule has 76 valence electrons. The standard InChI is InChI=1S/C10H12FNO2/c1-6(13)9(12)7-4-3-5-8(11)10(7)14-2/h3-5,9H,12H2,1-2H3. The fraction of sp³-hybridized carbons (Fsp3) is 0.300. The molecular formula is C10H12FNO2. The third-order valence-corrected chi connectivity index (χ3v) is 1.97. The van der Waals surface area contributed by atoms with Crippen LogP contribution in [0.4, 0.5) is 4.39 Å². The summed E-state index contributed by atoms with van der Waals surface area (Å²) in [4.78, 5) is 11.0. The number of benzene rings is 1. The van der Waals surface area contributed by atoms with Gasteiger partial charge in [-0.1, -0.05) is 12.1 Å². The van der Waals surface area contributed by atoms with Crippen LogP contribution in [-0.4, -0.2) is 12.9 Å². The predicted molar refractivity (Wildman–Crippen MR) is 50.6 cm³/mol. The lowest BCUT2D eigenvalue weighted by Gasteiger charge is -2.13. The van der Waals surface area contributed by atoms with Gasteiger partial charge in [0.25, 0.3) is 0 Å². The van der Waals surface area contributed by atoms with Gasteiger partial charge in [0.2, 0.25) is 0 Å². The SMILES string of the molecule is COc1c(F)cccc1C(N)C(C)=O. The minimum atomic E-state index is -0.833. The summed E-state index contributed by atoms with van der Waals surface area (Å²) in [6.45, 7) is 1.36. The number of hydrogen-bond donors (Lipinski definition) is 1. The molecule has 0 saturated carbocycles. The third-order valence-electron chi connectivity index (χ3n) is 1.97. The lowest BCUT2D eigenvalue weighted by atomic mass is 10.0. The average molecular weight is 197 g/mol. The van der Waals surface area contributed by atoms with Crippen LogP contribution in [0.15, 0.2) is 18.2 Å². The van der Waals surface area contributed by atoms with E-state index in [1.165, 1.54) is 26.2 Å². The van der Waals surface area contributed by atoms with Crippen molar-refractivity contribution in [3.63, 3.8) is 0 Å². The molecule has 0 fully saturated rings. The summed E-state index contributed by atoms with van der Waals surface area (Å²) in [6.07, 6.45) is 0. The number of nitrogens with two attached hydrogens (primary N) is 1. The average Bonchev–Trinajstić information content (AvgIpc) is 2.16. The first kappa shape index (κ1) is 10.7. The smallest absolute Gasteiger partial charge is 0.165 e. The molecule has 3 nitrogen and oxygen atoms in total. The maximum atomic E-state index is 13.2. The van der Waals surface area contributed by atoms with Crippen molar-refractivity contribution in [1.82, 2.24) is 0 Å². The summed E-state index contributed by atoms with van der Waals surface area (Å²) >= 11 is 0. The van der Waals surface area contributed by atoms with Gasteiger partial charge in [0, 0.05) is 5.56 Å². The first-order chi connectivity index (χ1) is 6.57. The Labute approximate surface area is 81.7 Å². The number of Topliss-reactive ketones (excluding diaryl/α,β-unsaturated/α-hetero) is 1. The van der Waals surface area contributed by atoms with Crippen molar-refractivity contribution >= 4 is 5.78 Å². The van der Waals surface area contributed by atoms with Crippen LogP contribution in [0.3, 0.4) is 0 Å². The minimum absolute atomic E-state index is 0.0372.